The number of ether oxygens (including phenoxy) is 4. The number of methoxy groups -OCH3 is 1. The molecule has 0 bridgehead atoms. The van der Waals surface area contributed by atoms with E-state index in [-0.39, 0.29) is 23.9 Å². The van der Waals surface area contributed by atoms with Gasteiger partial charge in [-0.15, -0.1) is 0 Å². The van der Waals surface area contributed by atoms with Gasteiger partial charge in [0, 0.05) is 12.3 Å². The quantitative estimate of drug-likeness (QED) is 0.780. The second kappa shape index (κ2) is 6.49. The monoisotopic (exact) mass is 320 g/mol. The summed E-state index contributed by atoms with van der Waals surface area (Å²) in [6.07, 6.45) is 1.21. The average molecular weight is 320 g/mol. The number of hydrogen-bond donors (Lipinski definition) is 0. The number of rotatable bonds is 5. The van der Waals surface area contributed by atoms with E-state index in [9.17, 15) is 4.79 Å². The Labute approximate surface area is 136 Å². The van der Waals surface area contributed by atoms with Gasteiger partial charge in [0.2, 0.25) is 0 Å². The van der Waals surface area contributed by atoms with Crippen LogP contribution in [-0.2, 0) is 19.0 Å². The second-order valence-corrected chi connectivity index (χ2v) is 6.47. The highest BCUT2D eigenvalue weighted by Crippen LogP contribution is 2.42. The molecule has 3 atom stereocenters. The van der Waals surface area contributed by atoms with E-state index in [2.05, 4.69) is 6.92 Å². The van der Waals surface area contributed by atoms with E-state index in [1.54, 1.807) is 7.11 Å². The van der Waals surface area contributed by atoms with Crippen molar-refractivity contribution in [3.63, 3.8) is 0 Å². The fraction of sp³-hybridized carbons (Fsp3) is 0.611. The molecule has 1 aromatic carbocycles. The molecule has 0 saturated carbocycles. The number of cyclic esters (lactones) is 1. The molecule has 0 aliphatic carbocycles. The van der Waals surface area contributed by atoms with Crippen LogP contribution in [0.2, 0.25) is 0 Å². The maximum atomic E-state index is 12.3. The minimum absolute atomic E-state index is 0.119. The van der Waals surface area contributed by atoms with E-state index in [0.717, 1.165) is 11.3 Å². The number of carbonyl (C=O) groups is 1. The summed E-state index contributed by atoms with van der Waals surface area (Å²) in [6, 6.07) is 7.70. The molecule has 2 aliphatic rings. The molecule has 5 nitrogen and oxygen atoms in total. The van der Waals surface area contributed by atoms with Crippen LogP contribution in [0.15, 0.2) is 24.3 Å². The van der Waals surface area contributed by atoms with E-state index < -0.39 is 5.79 Å². The first-order valence-electron chi connectivity index (χ1n) is 8.15. The molecule has 0 aromatic heterocycles. The Kier molecular flexibility index (Phi) is 4.60. The van der Waals surface area contributed by atoms with Gasteiger partial charge < -0.3 is 18.9 Å². The van der Waals surface area contributed by atoms with Gasteiger partial charge in [0.15, 0.2) is 5.79 Å². The largest absolute Gasteiger partial charge is 0.497 e. The molecule has 126 valence electrons. The molecule has 1 unspecified atom stereocenters. The van der Waals surface area contributed by atoms with Gasteiger partial charge in [-0.3, -0.25) is 4.79 Å². The molecule has 2 aliphatic heterocycles. The zero-order valence-corrected chi connectivity index (χ0v) is 13.9. The molecule has 0 amide bonds. The third-order valence-electron chi connectivity index (χ3n) is 4.91. The van der Waals surface area contributed by atoms with Crippen molar-refractivity contribution in [3.8, 4) is 5.75 Å². The summed E-state index contributed by atoms with van der Waals surface area (Å²) in [7, 11) is 1.64. The van der Waals surface area contributed by atoms with Crippen molar-refractivity contribution in [2.45, 2.75) is 38.6 Å². The molecule has 2 saturated heterocycles. The molecule has 1 aromatic rings. The van der Waals surface area contributed by atoms with Crippen molar-refractivity contribution >= 4 is 5.97 Å². The third-order valence-corrected chi connectivity index (χ3v) is 4.91. The Bertz CT molecular complexity index is 547. The lowest BCUT2D eigenvalue weighted by atomic mass is 9.85. The van der Waals surface area contributed by atoms with Crippen LogP contribution in [0, 0.1) is 11.8 Å². The van der Waals surface area contributed by atoms with Crippen molar-refractivity contribution < 1.29 is 23.7 Å². The molecule has 0 spiro atoms. The van der Waals surface area contributed by atoms with Gasteiger partial charge in [0.25, 0.3) is 0 Å². The summed E-state index contributed by atoms with van der Waals surface area (Å²) >= 11 is 0. The summed E-state index contributed by atoms with van der Waals surface area (Å²) < 4.78 is 22.0. The second-order valence-electron chi connectivity index (χ2n) is 6.47. The zero-order chi connectivity index (χ0) is 16.4. The van der Waals surface area contributed by atoms with Gasteiger partial charge in [0.05, 0.1) is 26.2 Å². The van der Waals surface area contributed by atoms with Crippen molar-refractivity contribution in [2.24, 2.45) is 11.8 Å². The van der Waals surface area contributed by atoms with Crippen LogP contribution >= 0.6 is 0 Å². The van der Waals surface area contributed by atoms with Crippen molar-refractivity contribution in [1.82, 2.24) is 0 Å². The lowest BCUT2D eigenvalue weighted by Crippen LogP contribution is -2.28. The predicted molar refractivity (Wildman–Crippen MR) is 84.0 cm³/mol. The highest BCUT2D eigenvalue weighted by atomic mass is 16.7. The molecule has 0 radical (unpaired) electrons. The summed E-state index contributed by atoms with van der Waals surface area (Å²) in [5.74, 6) is 0.122. The van der Waals surface area contributed by atoms with Gasteiger partial charge in [-0.2, -0.15) is 0 Å². The smallest absolute Gasteiger partial charge is 0.309 e. The Balaban J connectivity index is 1.65. The van der Waals surface area contributed by atoms with Crippen LogP contribution in [0.1, 0.15) is 38.4 Å². The van der Waals surface area contributed by atoms with Crippen LogP contribution in [0.3, 0.4) is 0 Å². The van der Waals surface area contributed by atoms with E-state index in [4.69, 9.17) is 18.9 Å². The highest BCUT2D eigenvalue weighted by Gasteiger charge is 2.44. The summed E-state index contributed by atoms with van der Waals surface area (Å²) in [4.78, 5) is 12.3. The first-order chi connectivity index (χ1) is 11.0. The summed E-state index contributed by atoms with van der Waals surface area (Å²) in [6.45, 7) is 5.25. The highest BCUT2D eigenvalue weighted by molar-refractivity contribution is 5.75. The van der Waals surface area contributed by atoms with E-state index >= 15 is 0 Å². The Hall–Kier alpha value is -1.59. The molecule has 0 N–H and O–H groups in total. The number of carbonyl (C=O) groups excluding carboxylic acids is 1. The Morgan fingerprint density at radius 3 is 2.48 bits per heavy atom. The van der Waals surface area contributed by atoms with E-state index in [1.807, 2.05) is 31.2 Å². The van der Waals surface area contributed by atoms with Crippen molar-refractivity contribution in [3.05, 3.63) is 29.8 Å². The van der Waals surface area contributed by atoms with E-state index in [0.29, 0.717) is 26.1 Å². The van der Waals surface area contributed by atoms with Gasteiger partial charge in [-0.1, -0.05) is 19.1 Å². The lowest BCUT2D eigenvalue weighted by Gasteiger charge is -2.24. The van der Waals surface area contributed by atoms with Gasteiger partial charge in [-0.25, -0.2) is 0 Å². The fourth-order valence-corrected chi connectivity index (χ4v) is 3.41. The predicted octanol–water partition coefficient (Wildman–Crippen LogP) is 3.09. The molecule has 3 rings (SSSR count). The Morgan fingerprint density at radius 2 is 1.87 bits per heavy atom. The molecular weight excluding hydrogens is 296 g/mol. The van der Waals surface area contributed by atoms with Gasteiger partial charge in [-0.05, 0) is 31.0 Å². The minimum Gasteiger partial charge on any atom is -0.497 e. The number of benzene rings is 1. The molecular formula is C18H24O5. The third kappa shape index (κ3) is 3.35. The van der Waals surface area contributed by atoms with Crippen LogP contribution < -0.4 is 4.74 Å². The Morgan fingerprint density at radius 1 is 1.22 bits per heavy atom. The molecule has 2 fully saturated rings. The lowest BCUT2D eigenvalue weighted by molar-refractivity contribution is -0.153. The maximum Gasteiger partial charge on any atom is 0.309 e. The maximum absolute atomic E-state index is 12.3. The summed E-state index contributed by atoms with van der Waals surface area (Å²) in [5, 5.41) is 0. The first kappa shape index (κ1) is 16.3. The van der Waals surface area contributed by atoms with Crippen molar-refractivity contribution in [1.29, 1.82) is 0 Å². The normalized spacial score (nSPS) is 29.5. The van der Waals surface area contributed by atoms with Crippen LogP contribution in [-0.4, -0.2) is 32.1 Å². The topological polar surface area (TPSA) is 54.0 Å². The zero-order valence-electron chi connectivity index (χ0n) is 13.9. The number of esters is 1. The standard InChI is InChI=1S/C18H24O5/c1-12-15(8-9-18(2)21-10-11-22-18)17(19)23-16(12)13-4-6-14(20-3)7-5-13/h4-7,12,15-16H,8-11H2,1-3H3/t12-,15?,16+/m0/s1. The molecule has 5 heteroatoms. The van der Waals surface area contributed by atoms with Gasteiger partial charge in [0.1, 0.15) is 11.9 Å². The molecule has 23 heavy (non-hydrogen) atoms. The SMILES string of the molecule is COc1ccc([C@@H]2OC(=O)C(CCC3(C)OCCO3)[C@@H]2C)cc1. The number of hydrogen-bond acceptors (Lipinski definition) is 5. The van der Waals surface area contributed by atoms with Crippen LogP contribution in [0.4, 0.5) is 0 Å². The van der Waals surface area contributed by atoms with Crippen LogP contribution in [0.25, 0.3) is 0 Å². The van der Waals surface area contributed by atoms with Gasteiger partial charge >= 0.3 is 5.97 Å². The minimum atomic E-state index is -0.557. The van der Waals surface area contributed by atoms with Crippen molar-refractivity contribution in [2.75, 3.05) is 20.3 Å². The first-order valence-corrected chi connectivity index (χ1v) is 8.15. The van der Waals surface area contributed by atoms with E-state index in [1.165, 1.54) is 0 Å². The molecule has 2 heterocycles. The van der Waals surface area contributed by atoms with Crippen LogP contribution in [0.5, 0.6) is 5.75 Å². The average Bonchev–Trinajstić information content (AvgIpc) is 3.10. The fourth-order valence-electron chi connectivity index (χ4n) is 3.41. The summed E-state index contributed by atoms with van der Waals surface area (Å²) in [5.41, 5.74) is 1.01.